The number of halogens is 1. The summed E-state index contributed by atoms with van der Waals surface area (Å²) in [5.41, 5.74) is 0. The average Bonchev–Trinajstić information content (AvgIpc) is 2.60. The monoisotopic (exact) mass is 332 g/mol. The van der Waals surface area contributed by atoms with Gasteiger partial charge in [-0.15, -0.1) is 11.6 Å². The molecule has 0 rings (SSSR count). The first-order valence-corrected chi connectivity index (χ1v) is 8.26. The Morgan fingerprint density at radius 1 is 1.23 bits per heavy atom. The summed E-state index contributed by atoms with van der Waals surface area (Å²) in [6.45, 7) is 17.2. The number of allylic oxidation sites excluding steroid dienone is 4. The molecule has 0 aliphatic heterocycles. The van der Waals surface area contributed by atoms with Crippen molar-refractivity contribution in [1.82, 2.24) is 10.2 Å². The molecule has 0 aliphatic carbocycles. The predicted octanol–water partition coefficient (Wildman–Crippen LogP) is 4.83. The van der Waals surface area contributed by atoms with Gasteiger partial charge in [0.25, 0.3) is 0 Å². The molecule has 4 heteroatoms. The lowest BCUT2D eigenvalue weighted by molar-refractivity contribution is 0.307. The van der Waals surface area contributed by atoms with E-state index in [-0.39, 0.29) is 0 Å². The highest BCUT2D eigenvalue weighted by atomic mass is 35.5. The van der Waals surface area contributed by atoms with E-state index in [1.165, 1.54) is 0 Å². The molecule has 0 bridgehead atoms. The van der Waals surface area contributed by atoms with E-state index in [9.17, 15) is 0 Å². The van der Waals surface area contributed by atoms with Gasteiger partial charge < -0.3 is 15.0 Å². The lowest BCUT2D eigenvalue weighted by Gasteiger charge is -2.11. The highest BCUT2D eigenvalue weighted by molar-refractivity contribution is 6.18. The fourth-order valence-corrected chi connectivity index (χ4v) is 0.937. The Morgan fingerprint density at radius 3 is 2.09 bits per heavy atom. The van der Waals surface area contributed by atoms with Gasteiger partial charge in [0.2, 0.25) is 0 Å². The summed E-state index contributed by atoms with van der Waals surface area (Å²) in [4.78, 5) is 2.04. The molecule has 0 amide bonds. The molecule has 0 aromatic carbocycles. The molecule has 0 atom stereocenters. The van der Waals surface area contributed by atoms with Gasteiger partial charge in [-0.1, -0.05) is 53.0 Å². The van der Waals surface area contributed by atoms with Crippen LogP contribution < -0.4 is 5.32 Å². The van der Waals surface area contributed by atoms with Gasteiger partial charge in [-0.2, -0.15) is 0 Å². The Balaban J connectivity index is -0.000000121. The highest BCUT2D eigenvalue weighted by Gasteiger charge is 1.84. The maximum atomic E-state index is 5.41. The minimum absolute atomic E-state index is 0.498. The maximum Gasteiger partial charge on any atom is 0.118 e. The average molecular weight is 333 g/mol. The van der Waals surface area contributed by atoms with Crippen molar-refractivity contribution in [1.29, 1.82) is 0 Å². The summed E-state index contributed by atoms with van der Waals surface area (Å²) < 4.78 is 4.94. The van der Waals surface area contributed by atoms with E-state index < -0.39 is 0 Å². The third-order valence-electron chi connectivity index (χ3n) is 1.92. The summed E-state index contributed by atoms with van der Waals surface area (Å²) in [6, 6.07) is 0. The first kappa shape index (κ1) is 28.9. The molecule has 22 heavy (non-hydrogen) atoms. The number of ether oxygens (including phenoxy) is 1. The minimum atomic E-state index is 0.498. The van der Waals surface area contributed by atoms with E-state index in [4.69, 9.17) is 16.3 Å². The van der Waals surface area contributed by atoms with Crippen LogP contribution in [0.1, 0.15) is 27.7 Å². The molecule has 0 aromatic heterocycles. The third-order valence-corrected chi connectivity index (χ3v) is 2.09. The van der Waals surface area contributed by atoms with Crippen LogP contribution in [-0.4, -0.2) is 45.1 Å². The number of nitrogens with zero attached hydrogens (tertiary/aromatic N) is 1. The summed E-state index contributed by atoms with van der Waals surface area (Å²) in [5.74, 6) is 1.26. The molecule has 1 N–H and O–H groups in total. The molecule has 132 valence electrons. The quantitative estimate of drug-likeness (QED) is 0.391. The zero-order valence-electron chi connectivity index (χ0n) is 15.7. The summed E-state index contributed by atoms with van der Waals surface area (Å²) in [6.07, 6.45) is 8.85. The van der Waals surface area contributed by atoms with Crippen molar-refractivity contribution in [3.05, 3.63) is 49.4 Å². The van der Waals surface area contributed by atoms with Gasteiger partial charge >= 0.3 is 0 Å². The molecule has 0 spiro atoms. The molecule has 0 aliphatic rings. The molecule has 0 unspecified atom stereocenters. The number of alkyl halides is 1. The zero-order valence-corrected chi connectivity index (χ0v) is 16.4. The molecular formula is C18H37ClN2O. The van der Waals surface area contributed by atoms with Gasteiger partial charge in [0.1, 0.15) is 5.76 Å². The fraction of sp³-hybridized carbons (Fsp3) is 0.556. The van der Waals surface area contributed by atoms with Gasteiger partial charge in [0.15, 0.2) is 0 Å². The normalized spacial score (nSPS) is 9.18. The Bertz CT molecular complexity index is 264. The highest BCUT2D eigenvalue weighted by Crippen LogP contribution is 1.97. The van der Waals surface area contributed by atoms with Crippen LogP contribution in [0.25, 0.3) is 0 Å². The molecule has 0 fully saturated rings. The van der Waals surface area contributed by atoms with E-state index in [2.05, 4.69) is 18.5 Å². The fourth-order valence-electron chi connectivity index (χ4n) is 0.848. The third kappa shape index (κ3) is 31.3. The number of methoxy groups -OCH3 is 1. The van der Waals surface area contributed by atoms with Crippen molar-refractivity contribution in [2.75, 3.05) is 40.2 Å². The second-order valence-corrected chi connectivity index (χ2v) is 3.64. The van der Waals surface area contributed by atoms with E-state index in [0.29, 0.717) is 5.88 Å². The molecule has 0 saturated heterocycles. The van der Waals surface area contributed by atoms with Crippen LogP contribution >= 0.6 is 11.6 Å². The number of rotatable bonds is 8. The van der Waals surface area contributed by atoms with Crippen LogP contribution in [0.5, 0.6) is 0 Å². The van der Waals surface area contributed by atoms with Crippen molar-refractivity contribution in [2.24, 2.45) is 0 Å². The van der Waals surface area contributed by atoms with Crippen LogP contribution in [0.2, 0.25) is 0 Å². The van der Waals surface area contributed by atoms with Crippen LogP contribution in [-0.2, 0) is 4.74 Å². The molecular weight excluding hydrogens is 296 g/mol. The number of hydrogen-bond donors (Lipinski definition) is 1. The van der Waals surface area contributed by atoms with Crippen molar-refractivity contribution >= 4 is 11.6 Å². The van der Waals surface area contributed by atoms with Gasteiger partial charge in [-0.3, -0.25) is 0 Å². The minimum Gasteiger partial charge on any atom is -0.497 e. The Kier molecular flexibility index (Phi) is 42.0. The van der Waals surface area contributed by atoms with Crippen LogP contribution in [0.15, 0.2) is 49.4 Å². The van der Waals surface area contributed by atoms with Crippen LogP contribution in [0, 0.1) is 0 Å². The predicted molar refractivity (Wildman–Crippen MR) is 105 cm³/mol. The van der Waals surface area contributed by atoms with E-state index >= 15 is 0 Å². The van der Waals surface area contributed by atoms with E-state index in [1.54, 1.807) is 31.4 Å². The standard InChI is InChI=1S/C8H11ClO.C6H14N2.2C2H6/c1-3-5-8(10-2)6-4-7-9;1-4-8(3)6-5-7-2;2*1-2/h3-6H,1,7H2,2H3;4,7H,1,5-6H2,2-3H3;2*1-2H3/b6-4-,8-5+;;;. The first-order chi connectivity index (χ1) is 10.7. The van der Waals surface area contributed by atoms with E-state index in [1.807, 2.05) is 52.9 Å². The maximum absolute atomic E-state index is 5.41. The molecule has 0 aromatic rings. The number of hydrogen-bond acceptors (Lipinski definition) is 3. The molecule has 0 saturated carbocycles. The van der Waals surface area contributed by atoms with Crippen molar-refractivity contribution < 1.29 is 4.74 Å². The second kappa shape index (κ2) is 32.0. The lowest BCUT2D eigenvalue weighted by Crippen LogP contribution is -2.22. The van der Waals surface area contributed by atoms with Crippen molar-refractivity contribution in [2.45, 2.75) is 27.7 Å². The number of likely N-dealkylation sites (N-methyl/N-ethyl adjacent to an activating group) is 2. The number of nitrogens with one attached hydrogen (secondary N) is 1. The largest absolute Gasteiger partial charge is 0.497 e. The summed E-state index contributed by atoms with van der Waals surface area (Å²) >= 11 is 5.41. The molecule has 0 heterocycles. The first-order valence-electron chi connectivity index (χ1n) is 7.72. The van der Waals surface area contributed by atoms with Gasteiger partial charge in [0.05, 0.1) is 7.11 Å². The Labute approximate surface area is 144 Å². The Hall–Kier alpha value is -1.19. The smallest absolute Gasteiger partial charge is 0.118 e. The second-order valence-electron chi connectivity index (χ2n) is 3.33. The van der Waals surface area contributed by atoms with Gasteiger partial charge in [0, 0.05) is 26.0 Å². The lowest BCUT2D eigenvalue weighted by atomic mass is 10.4. The van der Waals surface area contributed by atoms with Gasteiger partial charge in [-0.25, -0.2) is 0 Å². The SMILES string of the molecule is C=C/C=C(\C=C/CCl)OC.C=CN(C)CCNC.CC.CC. The topological polar surface area (TPSA) is 24.5 Å². The Morgan fingerprint density at radius 2 is 1.77 bits per heavy atom. The van der Waals surface area contributed by atoms with Crippen LogP contribution in [0.4, 0.5) is 0 Å². The summed E-state index contributed by atoms with van der Waals surface area (Å²) in [7, 11) is 5.55. The zero-order chi connectivity index (χ0) is 18.2. The summed E-state index contributed by atoms with van der Waals surface area (Å²) in [5, 5.41) is 3.04. The molecule has 3 nitrogen and oxygen atoms in total. The molecule has 0 radical (unpaired) electrons. The van der Waals surface area contributed by atoms with Crippen LogP contribution in [0.3, 0.4) is 0 Å². The van der Waals surface area contributed by atoms with Gasteiger partial charge in [-0.05, 0) is 25.4 Å². The van der Waals surface area contributed by atoms with Crippen molar-refractivity contribution in [3.63, 3.8) is 0 Å². The van der Waals surface area contributed by atoms with Crippen molar-refractivity contribution in [3.8, 4) is 0 Å². The van der Waals surface area contributed by atoms with E-state index in [0.717, 1.165) is 18.8 Å².